The Labute approximate surface area is 141 Å². The number of aliphatic hydroxyl groups excluding tert-OH is 2. The number of rotatable bonds is 4. The van der Waals surface area contributed by atoms with Gasteiger partial charge in [-0.2, -0.15) is 0 Å². The van der Waals surface area contributed by atoms with E-state index in [9.17, 15) is 9.90 Å². The van der Waals surface area contributed by atoms with Gasteiger partial charge >= 0.3 is 0 Å². The number of ketones is 1. The van der Waals surface area contributed by atoms with Gasteiger partial charge in [-0.15, -0.1) is 0 Å². The lowest BCUT2D eigenvalue weighted by molar-refractivity contribution is -0.115. The zero-order chi connectivity index (χ0) is 16.9. The first kappa shape index (κ1) is 16.4. The van der Waals surface area contributed by atoms with E-state index in [1.54, 1.807) is 0 Å². The molecule has 0 aromatic heterocycles. The first-order chi connectivity index (χ1) is 11.7. The van der Waals surface area contributed by atoms with E-state index < -0.39 is 0 Å². The van der Waals surface area contributed by atoms with Crippen LogP contribution in [0.1, 0.15) is 24.8 Å². The minimum Gasteiger partial charge on any atom is -0.511 e. The molecule has 4 nitrogen and oxygen atoms in total. The molecule has 24 heavy (non-hydrogen) atoms. The van der Waals surface area contributed by atoms with Crippen molar-refractivity contribution < 1.29 is 15.0 Å². The van der Waals surface area contributed by atoms with Gasteiger partial charge in [-0.05, 0) is 29.2 Å². The van der Waals surface area contributed by atoms with Crippen molar-refractivity contribution in [1.29, 1.82) is 0 Å². The predicted octanol–water partition coefficient (Wildman–Crippen LogP) is 3.38. The van der Waals surface area contributed by atoms with Crippen molar-refractivity contribution in [3.05, 3.63) is 59.4 Å². The van der Waals surface area contributed by atoms with Crippen LogP contribution in [0.5, 0.6) is 0 Å². The highest BCUT2D eigenvalue weighted by Crippen LogP contribution is 2.25. The molecule has 2 aromatic rings. The largest absolute Gasteiger partial charge is 0.511 e. The van der Waals surface area contributed by atoms with Gasteiger partial charge in [-0.1, -0.05) is 42.5 Å². The molecule has 0 unspecified atom stereocenters. The number of allylic oxidation sites excluding steroid dienone is 2. The average Bonchev–Trinajstić information content (AvgIpc) is 2.60. The molecule has 0 radical (unpaired) electrons. The van der Waals surface area contributed by atoms with E-state index in [2.05, 4.69) is 4.99 Å². The summed E-state index contributed by atoms with van der Waals surface area (Å²) in [5.41, 5.74) is 1.96. The molecule has 1 fully saturated rings. The summed E-state index contributed by atoms with van der Waals surface area (Å²) in [7, 11) is 0. The second kappa shape index (κ2) is 7.41. The Kier molecular flexibility index (Phi) is 5.06. The Morgan fingerprint density at radius 1 is 1.08 bits per heavy atom. The third-order valence-corrected chi connectivity index (χ3v) is 4.31. The average molecular weight is 323 g/mol. The van der Waals surface area contributed by atoms with Crippen LogP contribution in [0.4, 0.5) is 0 Å². The van der Waals surface area contributed by atoms with E-state index in [-0.39, 0.29) is 24.7 Å². The van der Waals surface area contributed by atoms with E-state index in [1.165, 1.54) is 0 Å². The fourth-order valence-electron chi connectivity index (χ4n) is 3.21. The van der Waals surface area contributed by atoms with Gasteiger partial charge < -0.3 is 10.2 Å². The van der Waals surface area contributed by atoms with Crippen LogP contribution in [0, 0.1) is 0 Å². The van der Waals surface area contributed by atoms with Crippen LogP contribution >= 0.6 is 0 Å². The molecule has 0 atom stereocenters. The minimum absolute atomic E-state index is 0.0596. The number of benzene rings is 2. The fourth-order valence-corrected chi connectivity index (χ4v) is 3.21. The lowest BCUT2D eigenvalue weighted by Crippen LogP contribution is -2.22. The predicted molar refractivity (Wildman–Crippen MR) is 95.6 cm³/mol. The number of aliphatic imine (C=N–C) groups is 1. The van der Waals surface area contributed by atoms with Gasteiger partial charge in [0.1, 0.15) is 5.76 Å². The van der Waals surface area contributed by atoms with Gasteiger partial charge in [0.25, 0.3) is 0 Å². The van der Waals surface area contributed by atoms with Gasteiger partial charge in [-0.3, -0.25) is 9.79 Å². The summed E-state index contributed by atoms with van der Waals surface area (Å²) in [4.78, 5) is 16.6. The van der Waals surface area contributed by atoms with Crippen LogP contribution in [0.2, 0.25) is 0 Å². The highest BCUT2D eigenvalue weighted by atomic mass is 16.3. The monoisotopic (exact) mass is 323 g/mol. The van der Waals surface area contributed by atoms with Gasteiger partial charge in [0.2, 0.25) is 0 Å². The van der Waals surface area contributed by atoms with Crippen molar-refractivity contribution in [3.63, 3.8) is 0 Å². The van der Waals surface area contributed by atoms with Crippen LogP contribution in [-0.2, 0) is 11.2 Å². The summed E-state index contributed by atoms with van der Waals surface area (Å²) in [6.45, 7) is 0.197. The number of fused-ring (bicyclic) bond motifs is 1. The second-order valence-electron chi connectivity index (χ2n) is 5.97. The van der Waals surface area contributed by atoms with Crippen LogP contribution < -0.4 is 0 Å². The van der Waals surface area contributed by atoms with E-state index >= 15 is 0 Å². The highest BCUT2D eigenvalue weighted by molar-refractivity contribution is 6.24. The lowest BCUT2D eigenvalue weighted by atomic mass is 9.88. The lowest BCUT2D eigenvalue weighted by Gasteiger charge is -2.18. The van der Waals surface area contributed by atoms with Crippen molar-refractivity contribution in [2.75, 3.05) is 13.2 Å². The normalized spacial score (nSPS) is 19.0. The molecule has 124 valence electrons. The summed E-state index contributed by atoms with van der Waals surface area (Å²) < 4.78 is 0. The third-order valence-electron chi connectivity index (χ3n) is 4.31. The number of aliphatic hydroxyl groups is 2. The topological polar surface area (TPSA) is 69.9 Å². The van der Waals surface area contributed by atoms with Crippen LogP contribution in [-0.4, -0.2) is 34.9 Å². The molecule has 0 saturated heterocycles. The molecule has 0 spiro atoms. The molecule has 2 N–H and O–H groups in total. The molecule has 1 saturated carbocycles. The number of nitrogens with zero attached hydrogens (tertiary/aromatic N) is 1. The van der Waals surface area contributed by atoms with Gasteiger partial charge in [0, 0.05) is 18.6 Å². The molecule has 2 aromatic carbocycles. The molecule has 0 bridgehead atoms. The van der Waals surface area contributed by atoms with Crippen molar-refractivity contribution in [2.24, 2.45) is 4.99 Å². The van der Waals surface area contributed by atoms with Gasteiger partial charge in [-0.25, -0.2) is 0 Å². The number of carbonyl (C=O) groups excluding carboxylic acids is 1. The maximum atomic E-state index is 12.3. The Balaban J connectivity index is 1.99. The molecule has 0 aliphatic heterocycles. The van der Waals surface area contributed by atoms with E-state index in [1.807, 2.05) is 42.5 Å². The first-order valence-electron chi connectivity index (χ1n) is 8.27. The summed E-state index contributed by atoms with van der Waals surface area (Å²) in [6.07, 6.45) is 2.16. The summed E-state index contributed by atoms with van der Waals surface area (Å²) in [6, 6.07) is 14.0. The minimum atomic E-state index is -0.0605. The molecule has 4 heteroatoms. The van der Waals surface area contributed by atoms with Crippen LogP contribution in [0.15, 0.2) is 58.8 Å². The summed E-state index contributed by atoms with van der Waals surface area (Å²) >= 11 is 0. The van der Waals surface area contributed by atoms with Crippen molar-refractivity contribution in [3.8, 4) is 0 Å². The third kappa shape index (κ3) is 3.39. The zero-order valence-electron chi connectivity index (χ0n) is 13.5. The summed E-state index contributed by atoms with van der Waals surface area (Å²) in [5.74, 6) is 0.0171. The number of Topliss-reactive ketones (excluding diaryl/α,β-unsaturated/α-hetero) is 1. The SMILES string of the molecule is O=C1CCCC(=NCCO)/C1=C(/O)Cc1cccc2ccccc12. The van der Waals surface area contributed by atoms with E-state index in [0.29, 0.717) is 30.5 Å². The number of hydrogen-bond acceptors (Lipinski definition) is 4. The fraction of sp³-hybridized carbons (Fsp3) is 0.300. The second-order valence-corrected chi connectivity index (χ2v) is 5.97. The number of hydrogen-bond donors (Lipinski definition) is 2. The quantitative estimate of drug-likeness (QED) is 0.669. The van der Waals surface area contributed by atoms with Crippen molar-refractivity contribution in [1.82, 2.24) is 0 Å². The Morgan fingerprint density at radius 3 is 2.71 bits per heavy atom. The smallest absolute Gasteiger partial charge is 0.168 e. The molecule has 1 aliphatic rings. The maximum absolute atomic E-state index is 12.3. The van der Waals surface area contributed by atoms with E-state index in [4.69, 9.17) is 5.11 Å². The molecule has 3 rings (SSSR count). The summed E-state index contributed by atoms with van der Waals surface area (Å²) in [5, 5.41) is 21.8. The highest BCUT2D eigenvalue weighted by Gasteiger charge is 2.25. The van der Waals surface area contributed by atoms with Crippen LogP contribution in [0.25, 0.3) is 10.8 Å². The number of carbonyl (C=O) groups is 1. The van der Waals surface area contributed by atoms with E-state index in [0.717, 1.165) is 22.8 Å². The molecule has 1 aliphatic carbocycles. The first-order valence-corrected chi connectivity index (χ1v) is 8.27. The Bertz CT molecular complexity index is 815. The molecule has 0 heterocycles. The maximum Gasteiger partial charge on any atom is 0.168 e. The Hall–Kier alpha value is -2.46. The Morgan fingerprint density at radius 2 is 1.88 bits per heavy atom. The molecule has 0 amide bonds. The molecular weight excluding hydrogens is 302 g/mol. The van der Waals surface area contributed by atoms with Gasteiger partial charge in [0.15, 0.2) is 5.78 Å². The standard InChI is InChI=1S/C20H21NO3/c22-12-11-21-17-9-4-10-18(23)20(17)19(24)13-15-7-3-6-14-5-1-2-8-16(14)15/h1-3,5-8,22,24H,4,9-13H2/b20-19-,21-17?. The van der Waals surface area contributed by atoms with Crippen LogP contribution in [0.3, 0.4) is 0 Å². The molecular formula is C20H21NO3. The van der Waals surface area contributed by atoms with Gasteiger partial charge in [0.05, 0.1) is 18.7 Å². The van der Waals surface area contributed by atoms with Crippen molar-refractivity contribution >= 4 is 22.3 Å². The zero-order valence-corrected chi connectivity index (χ0v) is 13.5. The van der Waals surface area contributed by atoms with Crippen molar-refractivity contribution in [2.45, 2.75) is 25.7 Å².